The van der Waals surface area contributed by atoms with Crippen LogP contribution in [0, 0.1) is 0 Å². The quantitative estimate of drug-likeness (QED) is 0.688. The van der Waals surface area contributed by atoms with E-state index in [-0.39, 0.29) is 24.2 Å². The first kappa shape index (κ1) is 17.6. The molecule has 7 heteroatoms. The fraction of sp³-hybridized carbons (Fsp3) is 0.263. The minimum absolute atomic E-state index is 0.0578. The standard InChI is InChI=1S/C19H20N4O3/c1-12(19-22-21-17-6-4-5-9-23(17)19)20-18(25)11-15-10-14(13(2)24)7-8-16(15)26-3/h4-10,12H,11H2,1-3H3,(H,20,25)/t12-/m0/s1. The van der Waals surface area contributed by atoms with Crippen LogP contribution in [0.3, 0.4) is 0 Å². The number of ketones is 1. The van der Waals surface area contributed by atoms with Gasteiger partial charge < -0.3 is 10.1 Å². The van der Waals surface area contributed by atoms with E-state index in [9.17, 15) is 9.59 Å². The maximum Gasteiger partial charge on any atom is 0.225 e. The van der Waals surface area contributed by atoms with Crippen LogP contribution in [-0.4, -0.2) is 33.4 Å². The van der Waals surface area contributed by atoms with Crippen molar-refractivity contribution in [3.8, 4) is 5.75 Å². The second kappa shape index (κ2) is 7.35. The molecule has 0 aliphatic rings. The van der Waals surface area contributed by atoms with E-state index in [0.29, 0.717) is 22.7 Å². The lowest BCUT2D eigenvalue weighted by Crippen LogP contribution is -2.29. The number of hydrogen-bond acceptors (Lipinski definition) is 5. The number of aromatic nitrogens is 3. The van der Waals surface area contributed by atoms with Crippen LogP contribution in [0.15, 0.2) is 42.6 Å². The maximum atomic E-state index is 12.5. The average molecular weight is 352 g/mol. The van der Waals surface area contributed by atoms with Crippen molar-refractivity contribution in [1.82, 2.24) is 19.9 Å². The summed E-state index contributed by atoms with van der Waals surface area (Å²) >= 11 is 0. The Morgan fingerprint density at radius 3 is 2.77 bits per heavy atom. The zero-order chi connectivity index (χ0) is 18.7. The van der Waals surface area contributed by atoms with E-state index < -0.39 is 0 Å². The van der Waals surface area contributed by atoms with Crippen LogP contribution in [0.4, 0.5) is 0 Å². The van der Waals surface area contributed by atoms with Gasteiger partial charge in [0.05, 0.1) is 19.6 Å². The molecule has 0 aliphatic carbocycles. The molecular weight excluding hydrogens is 332 g/mol. The third kappa shape index (κ3) is 3.56. The summed E-state index contributed by atoms with van der Waals surface area (Å²) in [6.07, 6.45) is 1.96. The van der Waals surface area contributed by atoms with Gasteiger partial charge in [-0.05, 0) is 44.2 Å². The van der Waals surface area contributed by atoms with Crippen molar-refractivity contribution in [1.29, 1.82) is 0 Å². The Morgan fingerprint density at radius 2 is 2.04 bits per heavy atom. The lowest BCUT2D eigenvalue weighted by Gasteiger charge is -2.14. The SMILES string of the molecule is COc1ccc(C(C)=O)cc1CC(=O)N[C@@H](C)c1nnc2ccccn12. The van der Waals surface area contributed by atoms with Crippen LogP contribution >= 0.6 is 0 Å². The highest BCUT2D eigenvalue weighted by Crippen LogP contribution is 2.21. The monoisotopic (exact) mass is 352 g/mol. The Balaban J connectivity index is 1.76. The van der Waals surface area contributed by atoms with Gasteiger partial charge in [-0.1, -0.05) is 6.07 Å². The Labute approximate surface area is 151 Å². The number of amides is 1. The molecule has 0 bridgehead atoms. The molecule has 0 radical (unpaired) electrons. The van der Waals surface area contributed by atoms with Crippen LogP contribution < -0.4 is 10.1 Å². The highest BCUT2D eigenvalue weighted by molar-refractivity contribution is 5.94. The zero-order valence-corrected chi connectivity index (χ0v) is 14.9. The van der Waals surface area contributed by atoms with Crippen LogP contribution in [0.5, 0.6) is 5.75 Å². The third-order valence-corrected chi connectivity index (χ3v) is 4.14. The molecule has 0 aliphatic heterocycles. The minimum Gasteiger partial charge on any atom is -0.496 e. The van der Waals surface area contributed by atoms with Crippen molar-refractivity contribution in [2.75, 3.05) is 7.11 Å². The van der Waals surface area contributed by atoms with Gasteiger partial charge in [0.2, 0.25) is 5.91 Å². The molecule has 2 heterocycles. The summed E-state index contributed by atoms with van der Waals surface area (Å²) in [5.74, 6) is 0.978. The van der Waals surface area contributed by atoms with Gasteiger partial charge in [0.1, 0.15) is 5.75 Å². The third-order valence-electron chi connectivity index (χ3n) is 4.14. The Morgan fingerprint density at radius 1 is 1.23 bits per heavy atom. The molecule has 3 rings (SSSR count). The molecule has 0 unspecified atom stereocenters. The lowest BCUT2D eigenvalue weighted by molar-refractivity contribution is -0.121. The van der Waals surface area contributed by atoms with Gasteiger partial charge >= 0.3 is 0 Å². The van der Waals surface area contributed by atoms with Crippen LogP contribution in [0.25, 0.3) is 5.65 Å². The van der Waals surface area contributed by atoms with E-state index in [1.54, 1.807) is 18.2 Å². The number of rotatable bonds is 6. The molecule has 1 atom stereocenters. The van der Waals surface area contributed by atoms with Crippen LogP contribution in [-0.2, 0) is 11.2 Å². The highest BCUT2D eigenvalue weighted by Gasteiger charge is 2.17. The van der Waals surface area contributed by atoms with Gasteiger partial charge in [-0.2, -0.15) is 0 Å². The first-order chi connectivity index (χ1) is 12.5. The first-order valence-corrected chi connectivity index (χ1v) is 8.26. The molecule has 0 saturated heterocycles. The Bertz CT molecular complexity index is 964. The van der Waals surface area contributed by atoms with E-state index in [0.717, 1.165) is 5.65 Å². The van der Waals surface area contributed by atoms with E-state index in [1.165, 1.54) is 14.0 Å². The highest BCUT2D eigenvalue weighted by atomic mass is 16.5. The van der Waals surface area contributed by atoms with E-state index in [2.05, 4.69) is 15.5 Å². The largest absolute Gasteiger partial charge is 0.496 e. The van der Waals surface area contributed by atoms with Crippen molar-refractivity contribution in [3.63, 3.8) is 0 Å². The van der Waals surface area contributed by atoms with Crippen molar-refractivity contribution in [2.24, 2.45) is 0 Å². The number of nitrogens with zero attached hydrogens (tertiary/aromatic N) is 3. The normalized spacial score (nSPS) is 12.0. The summed E-state index contributed by atoms with van der Waals surface area (Å²) in [7, 11) is 1.54. The van der Waals surface area contributed by atoms with Crippen LogP contribution in [0.1, 0.15) is 41.6 Å². The van der Waals surface area contributed by atoms with Gasteiger partial charge in [0.25, 0.3) is 0 Å². The number of fused-ring (bicyclic) bond motifs is 1. The topological polar surface area (TPSA) is 85.6 Å². The zero-order valence-electron chi connectivity index (χ0n) is 14.9. The summed E-state index contributed by atoms with van der Waals surface area (Å²) in [5, 5.41) is 11.2. The van der Waals surface area contributed by atoms with Gasteiger partial charge in [0, 0.05) is 17.3 Å². The lowest BCUT2D eigenvalue weighted by atomic mass is 10.0. The minimum atomic E-state index is -0.318. The van der Waals surface area contributed by atoms with Crippen molar-refractivity contribution >= 4 is 17.3 Å². The summed E-state index contributed by atoms with van der Waals surface area (Å²) < 4.78 is 7.13. The molecule has 1 amide bonds. The molecule has 0 spiro atoms. The molecule has 1 aromatic carbocycles. The molecular formula is C19H20N4O3. The smallest absolute Gasteiger partial charge is 0.225 e. The maximum absolute atomic E-state index is 12.5. The Kier molecular flexibility index (Phi) is 4.97. The van der Waals surface area contributed by atoms with Gasteiger partial charge in [-0.15, -0.1) is 10.2 Å². The first-order valence-electron chi connectivity index (χ1n) is 8.26. The van der Waals surface area contributed by atoms with Crippen molar-refractivity contribution in [3.05, 3.63) is 59.5 Å². The summed E-state index contributed by atoms with van der Waals surface area (Å²) in [6.45, 7) is 3.34. The van der Waals surface area contributed by atoms with Crippen molar-refractivity contribution in [2.45, 2.75) is 26.3 Å². The van der Waals surface area contributed by atoms with E-state index >= 15 is 0 Å². The summed E-state index contributed by atoms with van der Waals surface area (Å²) in [4.78, 5) is 24.1. The number of hydrogen-bond donors (Lipinski definition) is 1. The summed E-state index contributed by atoms with van der Waals surface area (Å²) in [5.41, 5.74) is 1.93. The van der Waals surface area contributed by atoms with E-state index in [4.69, 9.17) is 4.74 Å². The van der Waals surface area contributed by atoms with Gasteiger partial charge in [-0.3, -0.25) is 14.0 Å². The van der Waals surface area contributed by atoms with Gasteiger partial charge in [-0.25, -0.2) is 0 Å². The Hall–Kier alpha value is -3.22. The number of benzene rings is 1. The fourth-order valence-corrected chi connectivity index (χ4v) is 2.82. The number of carbonyl (C=O) groups is 2. The number of Topliss-reactive ketones (excluding diaryl/α,β-unsaturated/α-hetero) is 1. The molecule has 3 aromatic rings. The molecule has 2 aromatic heterocycles. The number of pyridine rings is 1. The molecule has 0 saturated carbocycles. The number of carbonyl (C=O) groups excluding carboxylic acids is 2. The number of nitrogens with one attached hydrogen (secondary N) is 1. The van der Waals surface area contributed by atoms with Gasteiger partial charge in [0.15, 0.2) is 17.3 Å². The molecule has 7 nitrogen and oxygen atoms in total. The predicted molar refractivity (Wildman–Crippen MR) is 96.2 cm³/mol. The predicted octanol–water partition coefficient (Wildman–Crippen LogP) is 2.36. The average Bonchev–Trinajstić information content (AvgIpc) is 3.05. The van der Waals surface area contributed by atoms with Crippen molar-refractivity contribution < 1.29 is 14.3 Å². The summed E-state index contributed by atoms with van der Waals surface area (Å²) in [6, 6.07) is 10.4. The molecule has 1 N–H and O–H groups in total. The fourth-order valence-electron chi connectivity index (χ4n) is 2.82. The molecule has 0 fully saturated rings. The number of methoxy groups -OCH3 is 1. The van der Waals surface area contributed by atoms with E-state index in [1.807, 2.05) is 35.7 Å². The second-order valence-corrected chi connectivity index (χ2v) is 6.04. The molecule has 26 heavy (non-hydrogen) atoms. The van der Waals surface area contributed by atoms with Crippen LogP contribution in [0.2, 0.25) is 0 Å². The molecule has 134 valence electrons. The number of ether oxygens (including phenoxy) is 1. The second-order valence-electron chi connectivity index (χ2n) is 6.04.